The molecule has 0 saturated heterocycles. The lowest BCUT2D eigenvalue weighted by molar-refractivity contribution is 0.506. The lowest BCUT2D eigenvalue weighted by Crippen LogP contribution is -1.93. The van der Waals surface area contributed by atoms with Gasteiger partial charge >= 0.3 is 0 Å². The summed E-state index contributed by atoms with van der Waals surface area (Å²) >= 11 is 3.59. The van der Waals surface area contributed by atoms with Crippen molar-refractivity contribution in [1.29, 1.82) is 0 Å². The van der Waals surface area contributed by atoms with Crippen LogP contribution in [0, 0.1) is 31.3 Å². The molecule has 0 aromatic heterocycles. The third kappa shape index (κ3) is 2.58. The molecule has 4 heteroatoms. The Labute approximate surface area is 108 Å². The fourth-order valence-corrected chi connectivity index (χ4v) is 1.44. The third-order valence-corrected chi connectivity index (χ3v) is 1.99. The van der Waals surface area contributed by atoms with Gasteiger partial charge < -0.3 is 0 Å². The van der Waals surface area contributed by atoms with Gasteiger partial charge in [-0.15, -0.1) is 0 Å². The van der Waals surface area contributed by atoms with E-state index in [-0.39, 0.29) is 5.56 Å². The third-order valence-electron chi connectivity index (χ3n) is 1.45. The van der Waals surface area contributed by atoms with Crippen LogP contribution in [0.5, 0.6) is 0 Å². The van der Waals surface area contributed by atoms with Crippen LogP contribution in [0.1, 0.15) is 11.1 Å². The molecule has 0 heterocycles. The van der Waals surface area contributed by atoms with Crippen LogP contribution in [-0.4, -0.2) is 0 Å². The van der Waals surface area contributed by atoms with Gasteiger partial charge in [0.05, 0.1) is 5.56 Å². The van der Waals surface area contributed by atoms with E-state index in [0.29, 0.717) is 5.56 Å². The summed E-state index contributed by atoms with van der Waals surface area (Å²) in [6, 6.07) is 2.46. The van der Waals surface area contributed by atoms with Crippen LogP contribution in [-0.2, 0) is 0 Å². The predicted octanol–water partition coefficient (Wildman–Crippen LogP) is 3.45. The van der Waals surface area contributed by atoms with E-state index in [9.17, 15) is 8.78 Å². The van der Waals surface area contributed by atoms with Crippen molar-refractivity contribution in [3.05, 3.63) is 34.9 Å². The number of hydrogen-bond acceptors (Lipinski definition) is 0. The van der Waals surface area contributed by atoms with Crippen molar-refractivity contribution in [1.82, 2.24) is 0 Å². The molecule has 1 rings (SSSR count). The predicted molar refractivity (Wildman–Crippen MR) is 68.2 cm³/mol. The molecule has 0 unspecified atom stereocenters. The van der Waals surface area contributed by atoms with Crippen LogP contribution < -0.4 is 0 Å². The average molecular weight is 414 g/mol. The normalized spacial score (nSPS) is 8.29. The van der Waals surface area contributed by atoms with E-state index in [0.717, 1.165) is 6.07 Å². The molecule has 0 bridgehead atoms. The summed E-state index contributed by atoms with van der Waals surface area (Å²) in [7, 11) is 0. The number of halogens is 4. The first-order valence-corrected chi connectivity index (χ1v) is 5.57. The van der Waals surface area contributed by atoms with E-state index in [1.165, 1.54) is 6.07 Å². The van der Waals surface area contributed by atoms with Crippen LogP contribution in [0.15, 0.2) is 12.1 Å². The van der Waals surface area contributed by atoms with E-state index in [1.54, 1.807) is 22.6 Å². The van der Waals surface area contributed by atoms with Gasteiger partial charge in [0, 0.05) is 50.7 Å². The first-order chi connectivity index (χ1) is 6.70. The first kappa shape index (κ1) is 11.7. The zero-order valence-electron chi connectivity index (χ0n) is 6.67. The largest absolute Gasteiger partial charge is 0.204 e. The van der Waals surface area contributed by atoms with E-state index in [4.69, 9.17) is 0 Å². The molecule has 0 aliphatic rings. The zero-order valence-corrected chi connectivity index (χ0v) is 11.0. The molecule has 0 radical (unpaired) electrons. The lowest BCUT2D eigenvalue weighted by atomic mass is 10.1. The quantitative estimate of drug-likeness (QED) is 0.451. The highest BCUT2D eigenvalue weighted by molar-refractivity contribution is 14.1. The maximum Gasteiger partial charge on any atom is 0.175 e. The Morgan fingerprint density at radius 2 is 1.64 bits per heavy atom. The molecule has 0 fully saturated rings. The SMILES string of the molecule is Fc1ccc(C#CI)c(C#CI)c1F. The smallest absolute Gasteiger partial charge is 0.175 e. The summed E-state index contributed by atoms with van der Waals surface area (Å²) in [6.07, 6.45) is 0. The van der Waals surface area contributed by atoms with Crippen molar-refractivity contribution in [3.8, 4) is 19.7 Å². The van der Waals surface area contributed by atoms with Crippen LogP contribution in [0.3, 0.4) is 0 Å². The summed E-state index contributed by atoms with van der Waals surface area (Å²) in [5.74, 6) is 3.30. The van der Waals surface area contributed by atoms with Crippen LogP contribution in [0.25, 0.3) is 0 Å². The van der Waals surface area contributed by atoms with Crippen molar-refractivity contribution in [2.75, 3.05) is 0 Å². The molecule has 1 aromatic rings. The second-order valence-corrected chi connectivity index (χ2v) is 3.30. The topological polar surface area (TPSA) is 0 Å². The Hall–Kier alpha value is -0.340. The Kier molecular flexibility index (Phi) is 4.63. The minimum Gasteiger partial charge on any atom is -0.204 e. The van der Waals surface area contributed by atoms with Gasteiger partial charge in [-0.1, -0.05) is 11.8 Å². The maximum atomic E-state index is 13.2. The van der Waals surface area contributed by atoms with Crippen molar-refractivity contribution >= 4 is 45.2 Å². The summed E-state index contributed by atoms with van der Waals surface area (Å²) < 4.78 is 31.1. The molecule has 0 atom stereocenters. The fraction of sp³-hybridized carbons (Fsp3) is 0. The Balaban J connectivity index is 3.47. The number of rotatable bonds is 0. The fourth-order valence-electron chi connectivity index (χ4n) is 0.875. The van der Waals surface area contributed by atoms with Crippen LogP contribution >= 0.6 is 45.2 Å². The second-order valence-electron chi connectivity index (χ2n) is 2.22. The molecule has 14 heavy (non-hydrogen) atoms. The average Bonchev–Trinajstić information content (AvgIpc) is 2.18. The van der Waals surface area contributed by atoms with Gasteiger partial charge in [0.15, 0.2) is 11.6 Å². The molecule has 0 aliphatic heterocycles. The summed E-state index contributed by atoms with van der Waals surface area (Å²) in [6.45, 7) is 0. The maximum absolute atomic E-state index is 13.2. The second kappa shape index (κ2) is 5.52. The standard InChI is InChI=1S/C10H2F2I2/c11-9-2-1-7(3-5-13)8(4-6-14)10(9)12/h1-2H. The van der Waals surface area contributed by atoms with Gasteiger partial charge in [0.25, 0.3) is 0 Å². The van der Waals surface area contributed by atoms with Gasteiger partial charge in [-0.3, -0.25) is 0 Å². The monoisotopic (exact) mass is 414 g/mol. The van der Waals surface area contributed by atoms with E-state index < -0.39 is 11.6 Å². The summed E-state index contributed by atoms with van der Waals surface area (Å²) in [5, 5.41) is 0. The van der Waals surface area contributed by atoms with Crippen molar-refractivity contribution in [2.24, 2.45) is 0 Å². The Bertz CT molecular complexity index is 473. The molecule has 1 aromatic carbocycles. The zero-order chi connectivity index (χ0) is 10.6. The van der Waals surface area contributed by atoms with Gasteiger partial charge in [-0.2, -0.15) is 0 Å². The van der Waals surface area contributed by atoms with E-state index in [2.05, 4.69) is 19.7 Å². The van der Waals surface area contributed by atoms with Gasteiger partial charge in [-0.25, -0.2) is 8.78 Å². The molecule has 0 aliphatic carbocycles. The molecule has 0 amide bonds. The summed E-state index contributed by atoms with van der Waals surface area (Å²) in [4.78, 5) is 0. The first-order valence-electron chi connectivity index (χ1n) is 3.42. The van der Waals surface area contributed by atoms with E-state index in [1.807, 2.05) is 22.6 Å². The molecular weight excluding hydrogens is 412 g/mol. The highest BCUT2D eigenvalue weighted by Crippen LogP contribution is 2.15. The number of benzene rings is 1. The number of hydrogen-bond donors (Lipinski definition) is 0. The molecule has 0 spiro atoms. The van der Waals surface area contributed by atoms with Gasteiger partial charge in [0.1, 0.15) is 0 Å². The Morgan fingerprint density at radius 1 is 1.00 bits per heavy atom. The molecular formula is C10H2F2I2. The minimum atomic E-state index is -0.939. The van der Waals surface area contributed by atoms with E-state index >= 15 is 0 Å². The molecule has 0 nitrogen and oxygen atoms in total. The molecule has 70 valence electrons. The Morgan fingerprint density at radius 3 is 2.21 bits per heavy atom. The molecule has 0 N–H and O–H groups in total. The highest BCUT2D eigenvalue weighted by atomic mass is 127. The van der Waals surface area contributed by atoms with Crippen LogP contribution in [0.2, 0.25) is 0 Å². The highest BCUT2D eigenvalue weighted by Gasteiger charge is 2.10. The minimum absolute atomic E-state index is 0.0172. The van der Waals surface area contributed by atoms with Crippen molar-refractivity contribution in [2.45, 2.75) is 0 Å². The molecule has 0 saturated carbocycles. The van der Waals surface area contributed by atoms with Crippen molar-refractivity contribution < 1.29 is 8.78 Å². The summed E-state index contributed by atoms with van der Waals surface area (Å²) in [5.41, 5.74) is 0.422. The lowest BCUT2D eigenvalue weighted by Gasteiger charge is -1.99. The van der Waals surface area contributed by atoms with Gasteiger partial charge in [-0.05, 0) is 20.0 Å². The van der Waals surface area contributed by atoms with Crippen molar-refractivity contribution in [3.63, 3.8) is 0 Å². The van der Waals surface area contributed by atoms with Gasteiger partial charge in [0.2, 0.25) is 0 Å². The van der Waals surface area contributed by atoms with Crippen LogP contribution in [0.4, 0.5) is 8.78 Å².